The fraction of sp³-hybridized carbons (Fsp3) is 0.293. The second-order valence-electron chi connectivity index (χ2n) is 13.8. The summed E-state index contributed by atoms with van der Waals surface area (Å²) in [5, 5.41) is 24.6. The molecule has 5 aromatic rings. The standard InChI is InChI=1S/C41H44N10O11/c1-58-35(53)31-28(30(52)34(62-31)50-24-48-29-32(42)46-23-47-33(29)50)49-36(54)41(18-11-19-45-38(43)44,37(55)59-20-25-12-5-2-6-13-25)51(39(56)60-21-26-14-7-3-8-15-26)40(57)61-22-27-16-9-4-10-17-27/h2-10,12-17,23-24,28,30-31,34,52H,11,18-22H2,1H3,(H,49,54)(H2,42,46,47)(H4,43,44,45)/t28-,30+,31-,34+,41-/m0/s1. The van der Waals surface area contributed by atoms with Gasteiger partial charge in [0, 0.05) is 6.54 Å². The molecule has 21 heteroatoms. The van der Waals surface area contributed by atoms with Crippen LogP contribution >= 0.6 is 0 Å². The van der Waals surface area contributed by atoms with E-state index in [1.807, 2.05) is 0 Å². The van der Waals surface area contributed by atoms with Gasteiger partial charge < -0.3 is 50.9 Å². The second kappa shape index (κ2) is 20.1. The molecule has 0 bridgehead atoms. The highest BCUT2D eigenvalue weighted by molar-refractivity contribution is 6.13. The van der Waals surface area contributed by atoms with Crippen molar-refractivity contribution in [3.05, 3.63) is 120 Å². The monoisotopic (exact) mass is 852 g/mol. The second-order valence-corrected chi connectivity index (χ2v) is 13.8. The maximum absolute atomic E-state index is 15.3. The number of hydrogen-bond donors (Lipinski definition) is 6. The van der Waals surface area contributed by atoms with Crippen LogP contribution in [0.1, 0.15) is 35.8 Å². The predicted octanol–water partition coefficient (Wildman–Crippen LogP) is 2.05. The van der Waals surface area contributed by atoms with E-state index in [-0.39, 0.29) is 34.8 Å². The molecule has 1 aliphatic heterocycles. The van der Waals surface area contributed by atoms with Crippen molar-refractivity contribution >= 4 is 53.0 Å². The summed E-state index contributed by atoms with van der Waals surface area (Å²) in [5.74, 6) is -4.35. The van der Waals surface area contributed by atoms with Gasteiger partial charge in [-0.05, 0) is 29.5 Å². The number of carbonyl (C=O) groups excluding carboxylic acids is 5. The zero-order valence-corrected chi connectivity index (χ0v) is 33.3. The Bertz CT molecular complexity index is 2320. The SMILES string of the molecule is COC(=O)[C@H]1O[C@@H](n2cnc3c(N)ncnc32)[C@H](O)[C@@H]1NC(=O)[C@@](CCCNC(=N)N)(C(=O)OCc1ccccc1)N(C(=O)OCc1ccccc1)C(=O)OCc1ccccc1. The van der Waals surface area contributed by atoms with Crippen molar-refractivity contribution in [2.24, 2.45) is 5.73 Å². The minimum Gasteiger partial charge on any atom is -0.467 e. The van der Waals surface area contributed by atoms with Crippen LogP contribution in [0.2, 0.25) is 0 Å². The molecule has 3 amide bonds. The van der Waals surface area contributed by atoms with Crippen molar-refractivity contribution in [2.75, 3.05) is 19.4 Å². The molecule has 5 atom stereocenters. The lowest BCUT2D eigenvalue weighted by molar-refractivity contribution is -0.165. The molecule has 1 aliphatic rings. The molecular formula is C41H44N10O11. The number of nitrogen functional groups attached to an aromatic ring is 1. The highest BCUT2D eigenvalue weighted by Crippen LogP contribution is 2.35. The average molecular weight is 853 g/mol. The number of guanidine groups is 1. The third kappa shape index (κ3) is 9.86. The number of benzene rings is 3. The van der Waals surface area contributed by atoms with Gasteiger partial charge in [-0.1, -0.05) is 91.0 Å². The number of hydrogen-bond acceptors (Lipinski definition) is 16. The third-order valence-electron chi connectivity index (χ3n) is 9.78. The number of rotatable bonds is 16. The summed E-state index contributed by atoms with van der Waals surface area (Å²) >= 11 is 0. The molecule has 62 heavy (non-hydrogen) atoms. The van der Waals surface area contributed by atoms with E-state index in [1.165, 1.54) is 10.9 Å². The van der Waals surface area contributed by atoms with Gasteiger partial charge in [0.15, 0.2) is 29.8 Å². The maximum atomic E-state index is 15.3. The van der Waals surface area contributed by atoms with E-state index in [4.69, 9.17) is 40.6 Å². The number of aliphatic hydroxyl groups excluding tert-OH is 1. The smallest absolute Gasteiger partial charge is 0.421 e. The van der Waals surface area contributed by atoms with E-state index in [0.29, 0.717) is 16.7 Å². The van der Waals surface area contributed by atoms with Crippen molar-refractivity contribution in [2.45, 2.75) is 62.7 Å². The molecule has 0 unspecified atom stereocenters. The fourth-order valence-corrected chi connectivity index (χ4v) is 6.68. The van der Waals surface area contributed by atoms with E-state index in [2.05, 4.69) is 25.6 Å². The van der Waals surface area contributed by atoms with Crippen molar-refractivity contribution in [3.8, 4) is 0 Å². The molecule has 0 spiro atoms. The van der Waals surface area contributed by atoms with E-state index < -0.39 is 92.2 Å². The van der Waals surface area contributed by atoms with Crippen LogP contribution in [0.4, 0.5) is 15.4 Å². The average Bonchev–Trinajstić information content (AvgIpc) is 3.86. The van der Waals surface area contributed by atoms with Crippen LogP contribution in [0.15, 0.2) is 104 Å². The Morgan fingerprint density at radius 2 is 1.40 bits per heavy atom. The van der Waals surface area contributed by atoms with E-state index in [0.717, 1.165) is 13.4 Å². The normalized spacial score (nSPS) is 17.8. The van der Waals surface area contributed by atoms with Gasteiger partial charge in [0.25, 0.3) is 5.91 Å². The van der Waals surface area contributed by atoms with Crippen LogP contribution in [0.3, 0.4) is 0 Å². The van der Waals surface area contributed by atoms with Gasteiger partial charge in [-0.15, -0.1) is 0 Å². The Kier molecular flexibility index (Phi) is 14.2. The van der Waals surface area contributed by atoms with Gasteiger partial charge in [0.2, 0.25) is 5.54 Å². The molecule has 0 saturated carbocycles. The molecule has 6 rings (SSSR count). The Labute approximate surface area is 353 Å². The Morgan fingerprint density at radius 3 is 1.94 bits per heavy atom. The van der Waals surface area contributed by atoms with Crippen molar-refractivity contribution < 1.29 is 52.8 Å². The first-order valence-corrected chi connectivity index (χ1v) is 19.1. The van der Waals surface area contributed by atoms with Gasteiger partial charge in [-0.25, -0.2) is 34.1 Å². The zero-order valence-electron chi connectivity index (χ0n) is 33.3. The van der Waals surface area contributed by atoms with Crippen LogP contribution in [0, 0.1) is 5.41 Å². The number of fused-ring (bicyclic) bond motifs is 1. The minimum absolute atomic E-state index is 0.00654. The molecule has 324 valence electrons. The molecular weight excluding hydrogens is 809 g/mol. The number of ether oxygens (including phenoxy) is 5. The third-order valence-corrected chi connectivity index (χ3v) is 9.78. The number of carbonyl (C=O) groups is 5. The molecule has 1 saturated heterocycles. The van der Waals surface area contributed by atoms with Gasteiger partial charge in [0.05, 0.1) is 19.5 Å². The lowest BCUT2D eigenvalue weighted by Gasteiger charge is -2.38. The maximum Gasteiger partial charge on any atom is 0.421 e. The number of aromatic nitrogens is 4. The first-order valence-electron chi connectivity index (χ1n) is 19.1. The minimum atomic E-state index is -3.02. The van der Waals surface area contributed by atoms with Crippen molar-refractivity contribution in [3.63, 3.8) is 0 Å². The number of nitrogens with two attached hydrogens (primary N) is 2. The topological polar surface area (TPSA) is 299 Å². The first kappa shape index (κ1) is 43.9. The summed E-state index contributed by atoms with van der Waals surface area (Å²) in [7, 11) is 1.05. The summed E-state index contributed by atoms with van der Waals surface area (Å²) in [6.07, 6.45) is -6.61. The molecule has 0 radical (unpaired) electrons. The Morgan fingerprint density at radius 1 is 0.855 bits per heavy atom. The quantitative estimate of drug-likeness (QED) is 0.0207. The largest absolute Gasteiger partial charge is 0.467 e. The molecule has 0 aliphatic carbocycles. The molecule has 21 nitrogen and oxygen atoms in total. The van der Waals surface area contributed by atoms with E-state index in [9.17, 15) is 24.3 Å². The number of esters is 2. The van der Waals surface area contributed by atoms with Crippen molar-refractivity contribution in [1.82, 2.24) is 35.1 Å². The highest BCUT2D eigenvalue weighted by atomic mass is 16.6. The lowest BCUT2D eigenvalue weighted by Crippen LogP contribution is -2.69. The van der Waals surface area contributed by atoms with E-state index in [1.54, 1.807) is 91.0 Å². The zero-order chi connectivity index (χ0) is 44.2. The highest BCUT2D eigenvalue weighted by Gasteiger charge is 2.61. The fourth-order valence-electron chi connectivity index (χ4n) is 6.68. The summed E-state index contributed by atoms with van der Waals surface area (Å²) in [4.78, 5) is 85.0. The Balaban J connectivity index is 1.45. The molecule has 1 fully saturated rings. The predicted molar refractivity (Wildman–Crippen MR) is 217 cm³/mol. The number of aliphatic hydroxyl groups is 1. The number of amides is 3. The van der Waals surface area contributed by atoms with E-state index >= 15 is 4.79 Å². The molecule has 3 aromatic carbocycles. The number of anilines is 1. The van der Waals surface area contributed by atoms with Crippen LogP contribution in [0.25, 0.3) is 11.2 Å². The summed E-state index contributed by atoms with van der Waals surface area (Å²) < 4.78 is 29.2. The number of imidazole rings is 1. The van der Waals surface area contributed by atoms with Gasteiger partial charge >= 0.3 is 24.1 Å². The van der Waals surface area contributed by atoms with Gasteiger partial charge in [-0.2, -0.15) is 4.90 Å². The molecule has 8 N–H and O–H groups in total. The summed E-state index contributed by atoms with van der Waals surface area (Å²) in [5.41, 5.74) is 10.2. The number of nitrogens with one attached hydrogen (secondary N) is 3. The summed E-state index contributed by atoms with van der Waals surface area (Å²) in [6, 6.07) is 23.4. The van der Waals surface area contributed by atoms with Crippen LogP contribution < -0.4 is 22.1 Å². The molecule has 2 aromatic heterocycles. The lowest BCUT2D eigenvalue weighted by atomic mass is 9.89. The van der Waals surface area contributed by atoms with Gasteiger partial charge in [-0.3, -0.25) is 14.8 Å². The van der Waals surface area contributed by atoms with Crippen LogP contribution in [-0.4, -0.2) is 103 Å². The summed E-state index contributed by atoms with van der Waals surface area (Å²) in [6.45, 7) is -1.42. The number of imide groups is 1. The van der Waals surface area contributed by atoms with Gasteiger partial charge in [0.1, 0.15) is 37.8 Å². The number of methoxy groups -OCH3 is 1. The molecule has 3 heterocycles. The van der Waals surface area contributed by atoms with Crippen LogP contribution in [-0.2, 0) is 57.9 Å². The van der Waals surface area contributed by atoms with Crippen molar-refractivity contribution in [1.29, 1.82) is 5.41 Å². The number of nitrogens with zero attached hydrogens (tertiary/aromatic N) is 5. The van der Waals surface area contributed by atoms with Crippen LogP contribution in [0.5, 0.6) is 0 Å². The first-order chi connectivity index (χ1) is 29.9. The Hall–Kier alpha value is -7.65.